The van der Waals surface area contributed by atoms with E-state index in [4.69, 9.17) is 0 Å². The number of nitrogens with one attached hydrogen (secondary N) is 3. The topological polar surface area (TPSA) is 75.6 Å². The summed E-state index contributed by atoms with van der Waals surface area (Å²) in [7, 11) is -4.48. The molecule has 0 unspecified atom stereocenters. The molecular formula is C23H24F3N4O2S2+. The average molecular weight is 510 g/mol. The van der Waals surface area contributed by atoms with E-state index >= 15 is 0 Å². The lowest BCUT2D eigenvalue weighted by Gasteiger charge is -2.23. The molecule has 34 heavy (non-hydrogen) atoms. The van der Waals surface area contributed by atoms with Gasteiger partial charge in [0, 0.05) is 59.4 Å². The first-order valence-corrected chi connectivity index (χ1v) is 13.4. The van der Waals surface area contributed by atoms with Gasteiger partial charge in [-0.15, -0.1) is 0 Å². The average Bonchev–Trinajstić information content (AvgIpc) is 3.51. The predicted octanol–water partition coefficient (Wildman–Crippen LogP) is 4.52. The number of sulfonamides is 1. The highest BCUT2D eigenvalue weighted by atomic mass is 32.2. The number of H-pyrrole nitrogens is 1. The van der Waals surface area contributed by atoms with Crippen LogP contribution in [0, 0.1) is 17.5 Å². The minimum absolute atomic E-state index is 0.0122. The highest BCUT2D eigenvalue weighted by molar-refractivity contribution is 7.92. The molecule has 2 aromatic carbocycles. The maximum Gasteiger partial charge on any atom is 0.334 e. The van der Waals surface area contributed by atoms with E-state index in [-0.39, 0.29) is 18.1 Å². The molecule has 1 aromatic heterocycles. The van der Waals surface area contributed by atoms with Crippen molar-refractivity contribution in [3.63, 3.8) is 0 Å². The zero-order valence-corrected chi connectivity index (χ0v) is 19.8. The fraction of sp³-hybridized carbons (Fsp3) is 0.348. The first kappa shape index (κ1) is 23.1. The lowest BCUT2D eigenvalue weighted by molar-refractivity contribution is -0.270. The summed E-state index contributed by atoms with van der Waals surface area (Å²) < 4.78 is 73.8. The number of hydrogen-bond donors (Lipinski definition) is 2. The zero-order valence-electron chi connectivity index (χ0n) is 18.2. The number of anilines is 2. The minimum atomic E-state index is -4.48. The van der Waals surface area contributed by atoms with Crippen LogP contribution < -0.4 is 14.4 Å². The molecule has 2 aliphatic heterocycles. The Labute approximate surface area is 200 Å². The van der Waals surface area contributed by atoms with Crippen molar-refractivity contribution < 1.29 is 26.0 Å². The van der Waals surface area contributed by atoms with Crippen LogP contribution in [0.3, 0.4) is 0 Å². The molecule has 0 atom stereocenters. The van der Waals surface area contributed by atoms with Gasteiger partial charge in [0.1, 0.15) is 5.82 Å². The van der Waals surface area contributed by atoms with Gasteiger partial charge in [0.25, 0.3) is 5.82 Å². The van der Waals surface area contributed by atoms with Gasteiger partial charge in [-0.1, -0.05) is 12.1 Å². The van der Waals surface area contributed by atoms with E-state index in [0.717, 1.165) is 29.2 Å². The van der Waals surface area contributed by atoms with Crippen molar-refractivity contribution in [2.24, 2.45) is 0 Å². The lowest BCUT2D eigenvalue weighted by Crippen LogP contribution is -2.28. The van der Waals surface area contributed by atoms with Crippen molar-refractivity contribution >= 4 is 33.1 Å². The van der Waals surface area contributed by atoms with Crippen LogP contribution in [0.5, 0.6) is 0 Å². The highest BCUT2D eigenvalue weighted by Gasteiger charge is 2.39. The van der Waals surface area contributed by atoms with E-state index in [0.29, 0.717) is 24.2 Å². The van der Waals surface area contributed by atoms with Crippen LogP contribution in [0.1, 0.15) is 36.8 Å². The first-order chi connectivity index (χ1) is 16.3. The monoisotopic (exact) mass is 509 g/mol. The summed E-state index contributed by atoms with van der Waals surface area (Å²) in [6, 6.07) is 9.22. The predicted molar refractivity (Wildman–Crippen MR) is 123 cm³/mol. The Bertz CT molecular complexity index is 1260. The second-order valence-electron chi connectivity index (χ2n) is 8.68. The Kier molecular flexibility index (Phi) is 6.26. The normalized spacial score (nSPS) is 20.1. The van der Waals surface area contributed by atoms with Gasteiger partial charge in [-0.25, -0.2) is 13.2 Å². The van der Waals surface area contributed by atoms with Crippen molar-refractivity contribution in [1.29, 1.82) is 0 Å². The van der Waals surface area contributed by atoms with Crippen LogP contribution in [-0.4, -0.2) is 25.4 Å². The highest BCUT2D eigenvalue weighted by Crippen LogP contribution is 2.39. The molecule has 3 heterocycles. The summed E-state index contributed by atoms with van der Waals surface area (Å²) in [5, 5.41) is 4.44. The number of nitrogens with zero attached hydrogens (tertiary/aromatic N) is 1. The van der Waals surface area contributed by atoms with E-state index in [9.17, 15) is 21.6 Å². The minimum Gasteiger partial charge on any atom is -0.381 e. The molecule has 3 N–H and O–H groups in total. The fourth-order valence-corrected chi connectivity index (χ4v) is 6.74. The van der Waals surface area contributed by atoms with Crippen LogP contribution in [0.4, 0.5) is 24.7 Å². The molecule has 3 aromatic rings. The van der Waals surface area contributed by atoms with Gasteiger partial charge in [-0.3, -0.25) is 4.90 Å². The summed E-state index contributed by atoms with van der Waals surface area (Å²) in [5.74, 6) is -2.78. The molecule has 0 radical (unpaired) electrons. The molecule has 2 fully saturated rings. The van der Waals surface area contributed by atoms with Gasteiger partial charge in [-0.05, 0) is 49.4 Å². The van der Waals surface area contributed by atoms with Crippen molar-refractivity contribution in [1.82, 2.24) is 4.90 Å². The first-order valence-electron chi connectivity index (χ1n) is 11.0. The Morgan fingerprint density at radius 1 is 1.00 bits per heavy atom. The van der Waals surface area contributed by atoms with E-state index in [1.807, 2.05) is 6.07 Å². The Hall–Kier alpha value is -2.63. The molecule has 2 saturated heterocycles. The molecule has 0 spiro atoms. The van der Waals surface area contributed by atoms with E-state index in [2.05, 4.69) is 19.3 Å². The number of fused-ring (bicyclic) bond motifs is 2. The number of rotatable bonds is 8. The van der Waals surface area contributed by atoms with Gasteiger partial charge >= 0.3 is 10.0 Å². The summed E-state index contributed by atoms with van der Waals surface area (Å²) >= 11 is 1.12. The fourth-order valence-electron chi connectivity index (χ4n) is 5.02. The largest absolute Gasteiger partial charge is 0.381 e. The third-order valence-electron chi connectivity index (χ3n) is 6.63. The number of hydrogen-bond acceptors (Lipinski definition) is 5. The van der Waals surface area contributed by atoms with Crippen molar-refractivity contribution in [3.8, 4) is 0 Å². The Morgan fingerprint density at radius 3 is 2.29 bits per heavy atom. The van der Waals surface area contributed by atoms with E-state index in [1.54, 1.807) is 11.4 Å². The maximum atomic E-state index is 14.7. The van der Waals surface area contributed by atoms with Crippen LogP contribution in [-0.2, 0) is 23.1 Å². The standard InChI is InChI=1S/C23H23F3N4O2S2/c24-19-3-1-2-14(13-30-16-4-5-17(30)7-6-16)18(19)12-27-15-10-20(25)23(21(26)11-15)34(31,32)29-22-8-9-33-28-22/h1-3,8-11,16-17,27H,4-7,12-13H2,(H,28,29)/p+1. The third kappa shape index (κ3) is 4.51. The van der Waals surface area contributed by atoms with E-state index < -0.39 is 32.4 Å². The molecule has 0 amide bonds. The van der Waals surface area contributed by atoms with Crippen molar-refractivity contribution in [2.45, 2.75) is 55.8 Å². The lowest BCUT2D eigenvalue weighted by atomic mass is 10.0. The van der Waals surface area contributed by atoms with Gasteiger partial charge < -0.3 is 5.32 Å². The number of benzene rings is 2. The van der Waals surface area contributed by atoms with Gasteiger partial charge in [-0.2, -0.15) is 17.5 Å². The summed E-state index contributed by atoms with van der Waals surface area (Å²) in [6.07, 6.45) is 4.67. The van der Waals surface area contributed by atoms with Crippen LogP contribution in [0.2, 0.25) is 0 Å². The van der Waals surface area contributed by atoms with Gasteiger partial charge in [0.15, 0.2) is 16.5 Å². The van der Waals surface area contributed by atoms with Gasteiger partial charge in [0.05, 0.1) is 0 Å². The molecule has 2 bridgehead atoms. The maximum absolute atomic E-state index is 14.7. The molecule has 2 aliphatic rings. The van der Waals surface area contributed by atoms with Crippen LogP contribution in [0.25, 0.3) is 0 Å². The Balaban J connectivity index is 1.34. The molecule has 0 saturated carbocycles. The molecule has 6 nitrogen and oxygen atoms in total. The number of aromatic amines is 1. The quantitative estimate of drug-likeness (QED) is 0.468. The smallest absolute Gasteiger partial charge is 0.334 e. The zero-order chi connectivity index (χ0) is 23.9. The van der Waals surface area contributed by atoms with Crippen molar-refractivity contribution in [3.05, 3.63) is 70.4 Å². The SMILES string of the molecule is O=S(=O)(Nc1ccs[nH+]1)c1c(F)cc(NCc2c(F)cccc2CN2C3CCC2CC3)cc1F. The summed E-state index contributed by atoms with van der Waals surface area (Å²) in [6.45, 7) is 0.646. The third-order valence-corrected chi connectivity index (χ3v) is 8.65. The molecule has 180 valence electrons. The van der Waals surface area contributed by atoms with Crippen molar-refractivity contribution in [2.75, 3.05) is 10.0 Å². The number of halogens is 3. The molecule has 0 aliphatic carbocycles. The summed E-state index contributed by atoms with van der Waals surface area (Å²) in [4.78, 5) is 1.35. The summed E-state index contributed by atoms with van der Waals surface area (Å²) in [5.41, 5.74) is 1.29. The van der Waals surface area contributed by atoms with Crippen LogP contribution >= 0.6 is 11.5 Å². The van der Waals surface area contributed by atoms with Crippen LogP contribution in [0.15, 0.2) is 46.7 Å². The Morgan fingerprint density at radius 2 is 1.68 bits per heavy atom. The number of aromatic nitrogens is 1. The van der Waals surface area contributed by atoms with E-state index in [1.165, 1.54) is 37.8 Å². The molecular weight excluding hydrogens is 485 g/mol. The second-order valence-corrected chi connectivity index (χ2v) is 11.0. The second kappa shape index (κ2) is 9.20. The van der Waals surface area contributed by atoms with Gasteiger partial charge in [0.2, 0.25) is 0 Å². The molecule has 11 heteroatoms. The molecule has 5 rings (SSSR count).